The van der Waals surface area contributed by atoms with Gasteiger partial charge in [0, 0.05) is 5.56 Å². The Morgan fingerprint density at radius 3 is 2.40 bits per heavy atom. The number of hydrazine groups is 1. The highest BCUT2D eigenvalue weighted by atomic mass is 19.1. The molecule has 1 atom stereocenters. The Hall–Kier alpha value is -1.85. The van der Waals surface area contributed by atoms with E-state index < -0.39 is 23.5 Å². The van der Waals surface area contributed by atoms with E-state index in [1.807, 2.05) is 0 Å². The summed E-state index contributed by atoms with van der Waals surface area (Å²) in [5.41, 5.74) is 2.84. The molecule has 0 saturated heterocycles. The molecule has 2 aromatic rings. The monoisotopic (exact) mass is 280 g/mol. The van der Waals surface area contributed by atoms with E-state index in [0.717, 1.165) is 0 Å². The van der Waals surface area contributed by atoms with E-state index in [0.29, 0.717) is 11.1 Å². The molecule has 5 heteroatoms. The summed E-state index contributed by atoms with van der Waals surface area (Å²) in [4.78, 5) is 0. The van der Waals surface area contributed by atoms with Crippen molar-refractivity contribution in [3.05, 3.63) is 70.5 Å². The van der Waals surface area contributed by atoms with Crippen LogP contribution in [0.15, 0.2) is 36.4 Å². The highest BCUT2D eigenvalue weighted by Crippen LogP contribution is 2.26. The van der Waals surface area contributed by atoms with Gasteiger partial charge in [-0.05, 0) is 36.6 Å². The van der Waals surface area contributed by atoms with Crippen LogP contribution in [0, 0.1) is 24.4 Å². The van der Waals surface area contributed by atoms with Gasteiger partial charge in [-0.1, -0.05) is 24.3 Å². The molecule has 2 nitrogen and oxygen atoms in total. The average Bonchev–Trinajstić information content (AvgIpc) is 2.44. The third kappa shape index (κ3) is 2.84. The zero-order chi connectivity index (χ0) is 14.7. The van der Waals surface area contributed by atoms with Crippen molar-refractivity contribution in [3.8, 4) is 0 Å². The number of nitrogens with two attached hydrogens (primary N) is 1. The first kappa shape index (κ1) is 14.6. The zero-order valence-electron chi connectivity index (χ0n) is 11.0. The van der Waals surface area contributed by atoms with E-state index in [4.69, 9.17) is 5.84 Å². The number of nitrogens with one attached hydrogen (secondary N) is 1. The first-order chi connectivity index (χ1) is 9.54. The fourth-order valence-corrected chi connectivity index (χ4v) is 2.13. The zero-order valence-corrected chi connectivity index (χ0v) is 11.0. The minimum absolute atomic E-state index is 0.0560. The molecule has 0 aliphatic carbocycles. The quantitative estimate of drug-likeness (QED) is 0.667. The first-order valence-corrected chi connectivity index (χ1v) is 6.18. The van der Waals surface area contributed by atoms with Gasteiger partial charge in [0.25, 0.3) is 0 Å². The molecule has 20 heavy (non-hydrogen) atoms. The molecule has 0 bridgehead atoms. The summed E-state index contributed by atoms with van der Waals surface area (Å²) >= 11 is 0. The summed E-state index contributed by atoms with van der Waals surface area (Å²) < 4.78 is 41.5. The number of hydrogen-bond acceptors (Lipinski definition) is 2. The second kappa shape index (κ2) is 6.07. The summed E-state index contributed by atoms with van der Waals surface area (Å²) in [7, 11) is 0. The lowest BCUT2D eigenvalue weighted by Crippen LogP contribution is -2.31. The lowest BCUT2D eigenvalue weighted by atomic mass is 9.96. The van der Waals surface area contributed by atoms with Gasteiger partial charge in [0.05, 0.1) is 6.04 Å². The van der Waals surface area contributed by atoms with Gasteiger partial charge in [0.2, 0.25) is 0 Å². The molecule has 0 aliphatic rings. The fraction of sp³-hybridized carbons (Fsp3) is 0.200. The molecule has 0 saturated carbocycles. The SMILES string of the molecule is Cc1ccc(F)c(C(Cc2ccccc2F)NN)c1F. The van der Waals surface area contributed by atoms with Gasteiger partial charge < -0.3 is 0 Å². The standard InChI is InChI=1S/C15H15F3N2/c1-9-6-7-12(17)14(15(9)18)13(20-19)8-10-4-2-3-5-11(10)16/h2-7,13,20H,8,19H2,1H3. The van der Waals surface area contributed by atoms with Crippen LogP contribution < -0.4 is 11.3 Å². The second-order valence-electron chi connectivity index (χ2n) is 4.61. The Bertz CT molecular complexity index is 614. The normalized spacial score (nSPS) is 12.4. The molecular weight excluding hydrogens is 265 g/mol. The Morgan fingerprint density at radius 2 is 1.75 bits per heavy atom. The Labute approximate surface area is 115 Å². The molecule has 1 unspecified atom stereocenters. The molecule has 0 aliphatic heterocycles. The number of halogens is 3. The smallest absolute Gasteiger partial charge is 0.133 e. The van der Waals surface area contributed by atoms with Gasteiger partial charge >= 0.3 is 0 Å². The van der Waals surface area contributed by atoms with Crippen LogP contribution in [-0.4, -0.2) is 0 Å². The van der Waals surface area contributed by atoms with Crippen molar-refractivity contribution >= 4 is 0 Å². The maximum Gasteiger partial charge on any atom is 0.133 e. The predicted molar refractivity (Wildman–Crippen MR) is 71.3 cm³/mol. The van der Waals surface area contributed by atoms with Crippen LogP contribution in [0.25, 0.3) is 0 Å². The third-order valence-corrected chi connectivity index (χ3v) is 3.25. The average molecular weight is 280 g/mol. The van der Waals surface area contributed by atoms with Crippen LogP contribution >= 0.6 is 0 Å². The summed E-state index contributed by atoms with van der Waals surface area (Å²) in [6.45, 7) is 1.54. The van der Waals surface area contributed by atoms with Crippen LogP contribution in [0.4, 0.5) is 13.2 Å². The molecular formula is C15H15F3N2. The van der Waals surface area contributed by atoms with E-state index >= 15 is 0 Å². The van der Waals surface area contributed by atoms with Crippen molar-refractivity contribution in [2.75, 3.05) is 0 Å². The fourth-order valence-electron chi connectivity index (χ4n) is 2.13. The van der Waals surface area contributed by atoms with Crippen LogP contribution in [0.5, 0.6) is 0 Å². The molecule has 2 aromatic carbocycles. The predicted octanol–water partition coefficient (Wildman–Crippen LogP) is 3.16. The lowest BCUT2D eigenvalue weighted by Gasteiger charge is -2.19. The summed E-state index contributed by atoms with van der Waals surface area (Å²) in [5, 5.41) is 0. The van der Waals surface area contributed by atoms with Crippen LogP contribution in [0.2, 0.25) is 0 Å². The molecule has 2 rings (SSSR count). The molecule has 106 valence electrons. The van der Waals surface area contributed by atoms with E-state index in [1.54, 1.807) is 18.2 Å². The maximum atomic E-state index is 14.1. The molecule has 3 N–H and O–H groups in total. The van der Waals surface area contributed by atoms with Crippen molar-refractivity contribution in [1.82, 2.24) is 5.43 Å². The highest BCUT2D eigenvalue weighted by molar-refractivity contribution is 5.31. The molecule has 0 fully saturated rings. The second-order valence-corrected chi connectivity index (χ2v) is 4.61. The van der Waals surface area contributed by atoms with Crippen LogP contribution in [-0.2, 0) is 6.42 Å². The van der Waals surface area contributed by atoms with Crippen molar-refractivity contribution in [2.45, 2.75) is 19.4 Å². The Balaban J connectivity index is 2.39. The van der Waals surface area contributed by atoms with Crippen molar-refractivity contribution in [2.24, 2.45) is 5.84 Å². The molecule has 0 spiro atoms. The van der Waals surface area contributed by atoms with E-state index in [1.165, 1.54) is 25.1 Å². The summed E-state index contributed by atoms with van der Waals surface area (Å²) in [5.74, 6) is 3.59. The number of aryl methyl sites for hydroxylation is 1. The van der Waals surface area contributed by atoms with Crippen molar-refractivity contribution in [3.63, 3.8) is 0 Å². The van der Waals surface area contributed by atoms with E-state index in [-0.39, 0.29) is 12.0 Å². The van der Waals surface area contributed by atoms with Gasteiger partial charge in [0.15, 0.2) is 0 Å². The van der Waals surface area contributed by atoms with Crippen molar-refractivity contribution < 1.29 is 13.2 Å². The van der Waals surface area contributed by atoms with Gasteiger partial charge in [-0.25, -0.2) is 13.2 Å². The van der Waals surface area contributed by atoms with Crippen LogP contribution in [0.3, 0.4) is 0 Å². The molecule has 0 heterocycles. The molecule has 0 amide bonds. The molecule has 0 aromatic heterocycles. The maximum absolute atomic E-state index is 14.1. The van der Waals surface area contributed by atoms with Gasteiger partial charge in [0.1, 0.15) is 17.5 Å². The first-order valence-electron chi connectivity index (χ1n) is 6.18. The number of benzene rings is 2. The third-order valence-electron chi connectivity index (χ3n) is 3.25. The summed E-state index contributed by atoms with van der Waals surface area (Å²) in [6.07, 6.45) is 0.0560. The van der Waals surface area contributed by atoms with Gasteiger partial charge in [-0.15, -0.1) is 0 Å². The number of hydrogen-bond donors (Lipinski definition) is 2. The minimum atomic E-state index is -0.841. The van der Waals surface area contributed by atoms with Crippen molar-refractivity contribution in [1.29, 1.82) is 0 Å². The largest absolute Gasteiger partial charge is 0.271 e. The van der Waals surface area contributed by atoms with E-state index in [2.05, 4.69) is 5.43 Å². The number of rotatable bonds is 4. The van der Waals surface area contributed by atoms with Gasteiger partial charge in [-0.2, -0.15) is 0 Å². The topological polar surface area (TPSA) is 38.0 Å². The Morgan fingerprint density at radius 1 is 1.05 bits per heavy atom. The lowest BCUT2D eigenvalue weighted by molar-refractivity contribution is 0.463. The van der Waals surface area contributed by atoms with Gasteiger partial charge in [-0.3, -0.25) is 11.3 Å². The van der Waals surface area contributed by atoms with Crippen LogP contribution in [0.1, 0.15) is 22.7 Å². The Kier molecular flexibility index (Phi) is 4.42. The minimum Gasteiger partial charge on any atom is -0.271 e. The highest BCUT2D eigenvalue weighted by Gasteiger charge is 2.22. The molecule has 0 radical (unpaired) electrons. The summed E-state index contributed by atoms with van der Waals surface area (Å²) in [6, 6.07) is 7.76. The van der Waals surface area contributed by atoms with E-state index in [9.17, 15) is 13.2 Å².